The van der Waals surface area contributed by atoms with Gasteiger partial charge in [-0.15, -0.1) is 0 Å². The van der Waals surface area contributed by atoms with E-state index in [1.54, 1.807) is 24.3 Å². The predicted molar refractivity (Wildman–Crippen MR) is 138 cm³/mol. The second kappa shape index (κ2) is 9.00. The fraction of sp³-hybridized carbons (Fsp3) is 0.179. The Morgan fingerprint density at radius 3 is 2.37 bits per heavy atom. The first-order valence-corrected chi connectivity index (χ1v) is 12.2. The number of nitrogens with zero attached hydrogens (tertiary/aromatic N) is 2. The Labute approximate surface area is 207 Å². The number of aromatic nitrogens is 1. The molecule has 0 spiro atoms. The number of aliphatic hydroxyl groups excluding tert-OH is 1. The molecule has 2 heterocycles. The number of ether oxygens (including phenoxy) is 1. The quantitative estimate of drug-likeness (QED) is 0.215. The molecule has 1 fully saturated rings. The standard InChI is InChI=1S/C28H24N2O4S/c1-4-34-20-12-10-18(11-13-20)24-23(25(31)19-8-5-16(2)6-9-19)26(32)27(33)30(24)28-29-21-14-7-17(3)15-22(21)35-28/h5-15,24,31H,4H2,1-3H3/b25-23+/t24-/m1/s1. The predicted octanol–water partition coefficient (Wildman–Crippen LogP) is 5.94. The van der Waals surface area contributed by atoms with Crippen LogP contribution in [0.1, 0.15) is 35.2 Å². The number of hydrogen-bond donors (Lipinski definition) is 1. The lowest BCUT2D eigenvalue weighted by molar-refractivity contribution is -0.132. The maximum Gasteiger partial charge on any atom is 0.301 e. The van der Waals surface area contributed by atoms with Gasteiger partial charge in [-0.25, -0.2) is 4.98 Å². The first-order chi connectivity index (χ1) is 16.9. The zero-order valence-electron chi connectivity index (χ0n) is 19.6. The summed E-state index contributed by atoms with van der Waals surface area (Å²) in [6.07, 6.45) is 0. The number of ketones is 1. The van der Waals surface area contributed by atoms with E-state index in [0.29, 0.717) is 28.6 Å². The molecule has 176 valence electrons. The van der Waals surface area contributed by atoms with Gasteiger partial charge in [-0.2, -0.15) is 0 Å². The van der Waals surface area contributed by atoms with E-state index in [4.69, 9.17) is 4.74 Å². The van der Waals surface area contributed by atoms with Crippen LogP contribution in [0.25, 0.3) is 16.0 Å². The van der Waals surface area contributed by atoms with E-state index in [0.717, 1.165) is 21.3 Å². The molecular formula is C28H24N2O4S. The number of Topliss-reactive ketones (excluding diaryl/α,β-unsaturated/α-hetero) is 1. The number of rotatable bonds is 5. The summed E-state index contributed by atoms with van der Waals surface area (Å²) >= 11 is 1.35. The molecule has 3 aromatic carbocycles. The molecule has 1 saturated heterocycles. The first-order valence-electron chi connectivity index (χ1n) is 11.4. The van der Waals surface area contributed by atoms with Crippen molar-refractivity contribution in [3.8, 4) is 5.75 Å². The lowest BCUT2D eigenvalue weighted by atomic mass is 9.95. The molecule has 35 heavy (non-hydrogen) atoms. The zero-order chi connectivity index (χ0) is 24.7. The van der Waals surface area contributed by atoms with Crippen LogP contribution in [0.3, 0.4) is 0 Å². The molecule has 1 amide bonds. The third kappa shape index (κ3) is 4.08. The summed E-state index contributed by atoms with van der Waals surface area (Å²) in [5, 5.41) is 11.7. The first kappa shape index (κ1) is 22.8. The van der Waals surface area contributed by atoms with Gasteiger partial charge in [0, 0.05) is 5.56 Å². The molecule has 1 aliphatic heterocycles. The SMILES string of the molecule is CCOc1ccc([C@@H]2/C(=C(\O)c3ccc(C)cc3)C(=O)C(=O)N2c2nc3ccc(C)cc3s2)cc1. The summed E-state index contributed by atoms with van der Waals surface area (Å²) < 4.78 is 6.49. The highest BCUT2D eigenvalue weighted by atomic mass is 32.1. The van der Waals surface area contributed by atoms with Gasteiger partial charge in [0.2, 0.25) is 0 Å². The number of carbonyl (C=O) groups is 2. The van der Waals surface area contributed by atoms with E-state index in [1.165, 1.54) is 16.2 Å². The van der Waals surface area contributed by atoms with Gasteiger partial charge in [0.1, 0.15) is 11.5 Å². The van der Waals surface area contributed by atoms with E-state index >= 15 is 0 Å². The fourth-order valence-electron chi connectivity index (χ4n) is 4.25. The van der Waals surface area contributed by atoms with Crippen molar-refractivity contribution in [1.29, 1.82) is 0 Å². The molecule has 5 rings (SSSR count). The minimum atomic E-state index is -0.825. The highest BCUT2D eigenvalue weighted by Gasteiger charge is 2.48. The third-order valence-electron chi connectivity index (χ3n) is 6.02. The van der Waals surface area contributed by atoms with Crippen LogP contribution in [0.4, 0.5) is 5.13 Å². The summed E-state index contributed by atoms with van der Waals surface area (Å²) in [7, 11) is 0. The van der Waals surface area contributed by atoms with Gasteiger partial charge in [-0.1, -0.05) is 59.4 Å². The molecular weight excluding hydrogens is 460 g/mol. The number of benzene rings is 3. The second-order valence-corrected chi connectivity index (χ2v) is 9.51. The summed E-state index contributed by atoms with van der Waals surface area (Å²) in [4.78, 5) is 32.8. The van der Waals surface area contributed by atoms with E-state index in [1.807, 2.05) is 63.2 Å². The van der Waals surface area contributed by atoms with Crippen LogP contribution < -0.4 is 9.64 Å². The van der Waals surface area contributed by atoms with Crippen LogP contribution in [-0.4, -0.2) is 28.4 Å². The van der Waals surface area contributed by atoms with Gasteiger partial charge >= 0.3 is 5.91 Å². The average Bonchev–Trinajstić information content (AvgIpc) is 3.37. The summed E-state index contributed by atoms with van der Waals surface area (Å²) in [6, 6.07) is 19.5. The number of amides is 1. The Morgan fingerprint density at radius 1 is 1.00 bits per heavy atom. The monoisotopic (exact) mass is 484 g/mol. The number of aryl methyl sites for hydroxylation is 2. The fourth-order valence-corrected chi connectivity index (χ4v) is 5.34. The highest BCUT2D eigenvalue weighted by molar-refractivity contribution is 7.22. The maximum atomic E-state index is 13.4. The number of anilines is 1. The molecule has 0 bridgehead atoms. The van der Waals surface area contributed by atoms with Gasteiger partial charge in [0.25, 0.3) is 5.78 Å². The summed E-state index contributed by atoms with van der Waals surface area (Å²) in [5.41, 5.74) is 4.05. The number of aliphatic hydroxyl groups is 1. The van der Waals surface area contributed by atoms with Gasteiger partial charge in [0.05, 0.1) is 28.4 Å². The Morgan fingerprint density at radius 2 is 1.69 bits per heavy atom. The van der Waals surface area contributed by atoms with Crippen molar-refractivity contribution < 1.29 is 19.4 Å². The van der Waals surface area contributed by atoms with Crippen molar-refractivity contribution in [2.75, 3.05) is 11.5 Å². The molecule has 4 aromatic rings. The molecule has 0 radical (unpaired) electrons. The van der Waals surface area contributed by atoms with E-state index in [9.17, 15) is 14.7 Å². The van der Waals surface area contributed by atoms with E-state index in [2.05, 4.69) is 4.98 Å². The normalized spacial score (nSPS) is 17.3. The molecule has 1 atom stereocenters. The molecule has 1 aliphatic rings. The van der Waals surface area contributed by atoms with Gasteiger partial charge in [0.15, 0.2) is 5.13 Å². The van der Waals surface area contributed by atoms with Crippen molar-refractivity contribution in [2.45, 2.75) is 26.8 Å². The van der Waals surface area contributed by atoms with Crippen LogP contribution in [0.15, 0.2) is 72.3 Å². The van der Waals surface area contributed by atoms with Gasteiger partial charge < -0.3 is 9.84 Å². The highest BCUT2D eigenvalue weighted by Crippen LogP contribution is 2.44. The topological polar surface area (TPSA) is 79.7 Å². The van der Waals surface area contributed by atoms with Crippen molar-refractivity contribution in [2.24, 2.45) is 0 Å². The largest absolute Gasteiger partial charge is 0.507 e. The Bertz CT molecular complexity index is 1470. The average molecular weight is 485 g/mol. The minimum Gasteiger partial charge on any atom is -0.507 e. The lowest BCUT2D eigenvalue weighted by Gasteiger charge is -2.23. The molecule has 6 nitrogen and oxygen atoms in total. The van der Waals surface area contributed by atoms with E-state index in [-0.39, 0.29) is 11.3 Å². The molecule has 7 heteroatoms. The number of hydrogen-bond acceptors (Lipinski definition) is 6. The third-order valence-corrected chi connectivity index (χ3v) is 7.03. The molecule has 1 aromatic heterocycles. The lowest BCUT2D eigenvalue weighted by Crippen LogP contribution is -2.29. The van der Waals surface area contributed by atoms with Crippen molar-refractivity contribution >= 4 is 44.1 Å². The second-order valence-electron chi connectivity index (χ2n) is 8.50. The molecule has 0 aliphatic carbocycles. The van der Waals surface area contributed by atoms with Crippen LogP contribution in [-0.2, 0) is 9.59 Å². The van der Waals surface area contributed by atoms with Crippen LogP contribution >= 0.6 is 11.3 Å². The summed E-state index contributed by atoms with van der Waals surface area (Å²) in [6.45, 7) is 6.36. The van der Waals surface area contributed by atoms with Crippen LogP contribution in [0.5, 0.6) is 5.75 Å². The Balaban J connectivity index is 1.70. The van der Waals surface area contributed by atoms with Crippen LogP contribution in [0.2, 0.25) is 0 Å². The van der Waals surface area contributed by atoms with Crippen molar-refractivity contribution in [1.82, 2.24) is 4.98 Å². The maximum absolute atomic E-state index is 13.4. The zero-order valence-corrected chi connectivity index (χ0v) is 20.4. The van der Waals surface area contributed by atoms with Crippen molar-refractivity contribution in [3.05, 3.63) is 94.6 Å². The smallest absolute Gasteiger partial charge is 0.301 e. The molecule has 1 N–H and O–H groups in total. The molecule has 0 saturated carbocycles. The minimum absolute atomic E-state index is 0.0402. The molecule has 0 unspecified atom stereocenters. The Kier molecular flexibility index (Phi) is 5.86. The summed E-state index contributed by atoms with van der Waals surface area (Å²) in [5.74, 6) is -0.977. The van der Waals surface area contributed by atoms with Gasteiger partial charge in [-0.05, 0) is 56.2 Å². The van der Waals surface area contributed by atoms with Crippen molar-refractivity contribution in [3.63, 3.8) is 0 Å². The number of thiazole rings is 1. The number of carbonyl (C=O) groups excluding carboxylic acids is 2. The van der Waals surface area contributed by atoms with E-state index < -0.39 is 17.7 Å². The number of fused-ring (bicyclic) bond motifs is 1. The van der Waals surface area contributed by atoms with Crippen LogP contribution in [0, 0.1) is 13.8 Å². The van der Waals surface area contributed by atoms with Gasteiger partial charge in [-0.3, -0.25) is 14.5 Å². The Hall–Kier alpha value is -3.97.